The van der Waals surface area contributed by atoms with E-state index in [4.69, 9.17) is 4.74 Å². The molecule has 1 aliphatic heterocycles. The number of hydrogen-bond donors (Lipinski definition) is 3. The number of urea groups is 1. The molecule has 3 heterocycles. The number of ether oxygens (including phenoxy) is 1. The molecule has 1 fully saturated rings. The van der Waals surface area contributed by atoms with Gasteiger partial charge in [0.15, 0.2) is 0 Å². The Balaban J connectivity index is 1.36. The first-order valence-corrected chi connectivity index (χ1v) is 11.5. The number of hydrogen-bond acceptors (Lipinski definition) is 5. The highest BCUT2D eigenvalue weighted by Crippen LogP contribution is 2.25. The topological polar surface area (TPSA) is 103 Å². The van der Waals surface area contributed by atoms with Crippen molar-refractivity contribution in [1.29, 1.82) is 0 Å². The largest absolute Gasteiger partial charge is 0.444 e. The maximum Gasteiger partial charge on any atom is 0.410 e. The molecule has 0 atom stereocenters. The van der Waals surface area contributed by atoms with Gasteiger partial charge in [-0.2, -0.15) is 0 Å². The Labute approximate surface area is 199 Å². The highest BCUT2D eigenvalue weighted by Gasteiger charge is 2.26. The van der Waals surface area contributed by atoms with Crippen molar-refractivity contribution in [2.45, 2.75) is 39.8 Å². The quantitative estimate of drug-likeness (QED) is 0.525. The van der Waals surface area contributed by atoms with E-state index in [2.05, 4.69) is 31.6 Å². The van der Waals surface area contributed by atoms with Crippen LogP contribution in [0, 0.1) is 6.92 Å². The summed E-state index contributed by atoms with van der Waals surface area (Å²) < 4.78 is 5.48. The molecule has 0 bridgehead atoms. The van der Waals surface area contributed by atoms with Gasteiger partial charge in [0.25, 0.3) is 0 Å². The van der Waals surface area contributed by atoms with Crippen LogP contribution in [0.25, 0.3) is 10.9 Å². The van der Waals surface area contributed by atoms with Crippen molar-refractivity contribution in [1.82, 2.24) is 19.8 Å². The van der Waals surface area contributed by atoms with Crippen molar-refractivity contribution in [2.75, 3.05) is 36.8 Å². The Morgan fingerprint density at radius 2 is 1.85 bits per heavy atom. The second-order valence-corrected chi connectivity index (χ2v) is 9.58. The molecule has 1 aromatic carbocycles. The Hall–Kier alpha value is -3.59. The maximum absolute atomic E-state index is 12.5. The molecule has 0 aliphatic carbocycles. The number of carbonyl (C=O) groups is 2. The summed E-state index contributed by atoms with van der Waals surface area (Å²) in [7, 11) is 0. The zero-order valence-corrected chi connectivity index (χ0v) is 20.1. The predicted molar refractivity (Wildman–Crippen MR) is 133 cm³/mol. The number of amides is 3. The zero-order chi connectivity index (χ0) is 24.3. The summed E-state index contributed by atoms with van der Waals surface area (Å²) in [5.41, 5.74) is 3.67. The summed E-state index contributed by atoms with van der Waals surface area (Å²) in [6, 6.07) is 11.2. The van der Waals surface area contributed by atoms with Gasteiger partial charge in [0.1, 0.15) is 5.60 Å². The molecule has 1 saturated heterocycles. The summed E-state index contributed by atoms with van der Waals surface area (Å²) in [6.07, 6.45) is 1.37. The van der Waals surface area contributed by atoms with Gasteiger partial charge >= 0.3 is 12.1 Å². The van der Waals surface area contributed by atoms with Gasteiger partial charge in [-0.05, 0) is 52.0 Å². The van der Waals surface area contributed by atoms with Crippen LogP contribution in [0.3, 0.4) is 0 Å². The molecule has 0 radical (unpaired) electrons. The predicted octanol–water partition coefficient (Wildman–Crippen LogP) is 4.57. The summed E-state index contributed by atoms with van der Waals surface area (Å²) in [5.74, 6) is 0. The Kier molecular flexibility index (Phi) is 6.74. The number of H-pyrrole nitrogens is 1. The lowest BCUT2D eigenvalue weighted by atomic mass is 10.2. The van der Waals surface area contributed by atoms with E-state index in [1.54, 1.807) is 11.1 Å². The Morgan fingerprint density at radius 1 is 1.09 bits per heavy atom. The smallest absolute Gasteiger partial charge is 0.410 e. The minimum absolute atomic E-state index is 0.256. The van der Waals surface area contributed by atoms with E-state index >= 15 is 0 Å². The standard InChI is InChI=1S/C25H32N6O3/c1-17-8-9-19(15-26-17)28-23(32)29-21-7-5-6-18-14-20(27-22(18)21)16-30-10-12-31(13-11-30)24(33)34-25(2,3)4/h5-9,14-15,27H,10-13,16H2,1-4H3,(H2,28,29,32). The van der Waals surface area contributed by atoms with E-state index < -0.39 is 5.60 Å². The van der Waals surface area contributed by atoms with Crippen LogP contribution in [0.5, 0.6) is 0 Å². The molecule has 1 aliphatic rings. The lowest BCUT2D eigenvalue weighted by Gasteiger charge is -2.35. The summed E-state index contributed by atoms with van der Waals surface area (Å²) in [5, 5.41) is 6.75. The number of nitrogens with zero attached hydrogens (tertiary/aromatic N) is 3. The van der Waals surface area contributed by atoms with Gasteiger partial charge < -0.3 is 25.3 Å². The number of piperazine rings is 1. The summed E-state index contributed by atoms with van der Waals surface area (Å²) >= 11 is 0. The van der Waals surface area contributed by atoms with Gasteiger partial charge in [0.2, 0.25) is 0 Å². The minimum Gasteiger partial charge on any atom is -0.444 e. The number of carbonyl (C=O) groups excluding carboxylic acids is 2. The monoisotopic (exact) mass is 464 g/mol. The first-order valence-electron chi connectivity index (χ1n) is 11.5. The zero-order valence-electron chi connectivity index (χ0n) is 20.1. The number of nitrogens with one attached hydrogen (secondary N) is 3. The average molecular weight is 465 g/mol. The van der Waals surface area contributed by atoms with Gasteiger partial charge in [-0.3, -0.25) is 9.88 Å². The SMILES string of the molecule is Cc1ccc(NC(=O)Nc2cccc3cc(CN4CCN(C(=O)OC(C)(C)C)CC4)[nH]c23)cn1. The number of anilines is 2. The van der Waals surface area contributed by atoms with Crippen molar-refractivity contribution in [3.05, 3.63) is 54.0 Å². The van der Waals surface area contributed by atoms with Crippen molar-refractivity contribution in [2.24, 2.45) is 0 Å². The van der Waals surface area contributed by atoms with E-state index in [1.807, 2.05) is 58.0 Å². The number of pyridine rings is 1. The van der Waals surface area contributed by atoms with Crippen LogP contribution in [0.15, 0.2) is 42.6 Å². The second-order valence-electron chi connectivity index (χ2n) is 9.58. The van der Waals surface area contributed by atoms with Gasteiger partial charge in [0, 0.05) is 49.5 Å². The molecule has 34 heavy (non-hydrogen) atoms. The first-order chi connectivity index (χ1) is 16.2. The molecule has 3 N–H and O–H groups in total. The molecule has 0 saturated carbocycles. The number of aromatic amines is 1. The van der Waals surface area contributed by atoms with Crippen molar-refractivity contribution >= 4 is 34.4 Å². The molecular formula is C25H32N6O3. The lowest BCUT2D eigenvalue weighted by molar-refractivity contribution is 0.0138. The Morgan fingerprint density at radius 3 is 2.53 bits per heavy atom. The highest BCUT2D eigenvalue weighted by molar-refractivity contribution is 6.05. The van der Waals surface area contributed by atoms with Crippen molar-refractivity contribution in [3.63, 3.8) is 0 Å². The highest BCUT2D eigenvalue weighted by atomic mass is 16.6. The normalized spacial score (nSPS) is 14.8. The number of para-hydroxylation sites is 1. The second kappa shape index (κ2) is 9.72. The van der Waals surface area contributed by atoms with Gasteiger partial charge in [-0.1, -0.05) is 12.1 Å². The van der Waals surface area contributed by atoms with Crippen LogP contribution in [0.4, 0.5) is 21.0 Å². The van der Waals surface area contributed by atoms with Crippen molar-refractivity contribution < 1.29 is 14.3 Å². The molecule has 9 heteroatoms. The fourth-order valence-electron chi connectivity index (χ4n) is 3.89. The van der Waals surface area contributed by atoms with E-state index in [-0.39, 0.29) is 12.1 Å². The fourth-order valence-corrected chi connectivity index (χ4v) is 3.89. The van der Waals surface area contributed by atoms with Crippen LogP contribution in [-0.2, 0) is 11.3 Å². The molecule has 2 aromatic heterocycles. The third-order valence-electron chi connectivity index (χ3n) is 5.55. The molecule has 9 nitrogen and oxygen atoms in total. The van der Waals surface area contributed by atoms with Crippen LogP contribution >= 0.6 is 0 Å². The lowest BCUT2D eigenvalue weighted by Crippen LogP contribution is -2.49. The Bertz CT molecular complexity index is 1160. The third kappa shape index (κ3) is 6.05. The fraction of sp³-hybridized carbons (Fsp3) is 0.400. The van der Waals surface area contributed by atoms with E-state index in [1.165, 1.54) is 0 Å². The van der Waals surface area contributed by atoms with Gasteiger partial charge in [0.05, 0.1) is 23.1 Å². The first kappa shape index (κ1) is 23.6. The van der Waals surface area contributed by atoms with Crippen LogP contribution in [-0.4, -0.2) is 63.7 Å². The van der Waals surface area contributed by atoms with Crippen LogP contribution < -0.4 is 10.6 Å². The molecule has 3 amide bonds. The maximum atomic E-state index is 12.5. The molecule has 4 rings (SSSR count). The number of aromatic nitrogens is 2. The number of aryl methyl sites for hydroxylation is 1. The van der Waals surface area contributed by atoms with Crippen molar-refractivity contribution in [3.8, 4) is 0 Å². The third-order valence-corrected chi connectivity index (χ3v) is 5.55. The van der Waals surface area contributed by atoms with E-state index in [9.17, 15) is 9.59 Å². The minimum atomic E-state index is -0.488. The number of fused-ring (bicyclic) bond motifs is 1. The molecule has 0 unspecified atom stereocenters. The summed E-state index contributed by atoms with van der Waals surface area (Å²) in [6.45, 7) is 11.1. The average Bonchev–Trinajstić information content (AvgIpc) is 3.18. The van der Waals surface area contributed by atoms with E-state index in [0.717, 1.165) is 41.9 Å². The van der Waals surface area contributed by atoms with Crippen LogP contribution in [0.2, 0.25) is 0 Å². The molecule has 180 valence electrons. The number of benzene rings is 1. The summed E-state index contributed by atoms with van der Waals surface area (Å²) in [4.78, 5) is 36.5. The number of rotatable bonds is 4. The van der Waals surface area contributed by atoms with Gasteiger partial charge in [-0.25, -0.2) is 9.59 Å². The molecule has 0 spiro atoms. The van der Waals surface area contributed by atoms with Crippen LogP contribution in [0.1, 0.15) is 32.2 Å². The van der Waals surface area contributed by atoms with E-state index in [0.29, 0.717) is 24.5 Å². The molecular weight excluding hydrogens is 432 g/mol. The van der Waals surface area contributed by atoms with Gasteiger partial charge in [-0.15, -0.1) is 0 Å². The molecule has 3 aromatic rings.